The molecule has 0 heterocycles. The van der Waals surface area contributed by atoms with Crippen LogP contribution in [0.4, 0.5) is 5.69 Å². The molecular weight excluding hydrogens is 216 g/mol. The molecule has 0 bridgehead atoms. The smallest absolute Gasteiger partial charge is 0.221 e. The van der Waals surface area contributed by atoms with Crippen molar-refractivity contribution in [3.63, 3.8) is 0 Å². The van der Waals surface area contributed by atoms with Crippen molar-refractivity contribution in [2.45, 2.75) is 13.3 Å². The Bertz CT molecular complexity index is 336. The number of amides is 1. The molecule has 4 nitrogen and oxygen atoms in total. The van der Waals surface area contributed by atoms with Crippen LogP contribution < -0.4 is 10.6 Å². The largest absolute Gasteiger partial charge is 0.385 e. The minimum atomic E-state index is 0.0432. The summed E-state index contributed by atoms with van der Waals surface area (Å²) >= 11 is 0. The molecule has 1 rings (SSSR count). The number of aryl methyl sites for hydroxylation is 1. The normalized spacial score (nSPS) is 10.0. The maximum atomic E-state index is 11.4. The summed E-state index contributed by atoms with van der Waals surface area (Å²) in [5.74, 6) is 0.0432. The number of nitrogens with one attached hydrogen (secondary N) is 2. The minimum Gasteiger partial charge on any atom is -0.385 e. The van der Waals surface area contributed by atoms with Crippen molar-refractivity contribution in [3.05, 3.63) is 29.8 Å². The van der Waals surface area contributed by atoms with Gasteiger partial charge in [0, 0.05) is 32.3 Å². The second-order valence-corrected chi connectivity index (χ2v) is 3.89. The molecule has 0 atom stereocenters. The van der Waals surface area contributed by atoms with Gasteiger partial charge in [0.25, 0.3) is 0 Å². The molecule has 0 saturated carbocycles. The van der Waals surface area contributed by atoms with Gasteiger partial charge in [0.05, 0.1) is 6.61 Å². The molecule has 4 heteroatoms. The van der Waals surface area contributed by atoms with Crippen LogP contribution in [0.2, 0.25) is 0 Å². The van der Waals surface area contributed by atoms with Crippen LogP contribution in [0, 0.1) is 6.92 Å². The van der Waals surface area contributed by atoms with E-state index < -0.39 is 0 Å². The van der Waals surface area contributed by atoms with E-state index in [4.69, 9.17) is 4.74 Å². The maximum absolute atomic E-state index is 11.4. The van der Waals surface area contributed by atoms with Gasteiger partial charge >= 0.3 is 0 Å². The predicted molar refractivity (Wildman–Crippen MR) is 69.2 cm³/mol. The Hall–Kier alpha value is -1.55. The number of benzene rings is 1. The lowest BCUT2D eigenvalue weighted by Gasteiger charge is -2.07. The fraction of sp³-hybridized carbons (Fsp3) is 0.462. The van der Waals surface area contributed by atoms with Crippen LogP contribution in [0.5, 0.6) is 0 Å². The van der Waals surface area contributed by atoms with Gasteiger partial charge in [-0.2, -0.15) is 0 Å². The van der Waals surface area contributed by atoms with Crippen LogP contribution in [0.15, 0.2) is 24.3 Å². The van der Waals surface area contributed by atoms with Crippen molar-refractivity contribution in [1.82, 2.24) is 5.32 Å². The highest BCUT2D eigenvalue weighted by Gasteiger charge is 1.99. The molecule has 94 valence electrons. The van der Waals surface area contributed by atoms with E-state index in [-0.39, 0.29) is 5.91 Å². The Morgan fingerprint density at radius 3 is 2.59 bits per heavy atom. The number of ether oxygens (including phenoxy) is 1. The molecule has 0 aromatic heterocycles. The monoisotopic (exact) mass is 236 g/mol. The second-order valence-electron chi connectivity index (χ2n) is 3.89. The van der Waals surface area contributed by atoms with Gasteiger partial charge in [-0.25, -0.2) is 0 Å². The molecule has 0 fully saturated rings. The predicted octanol–water partition coefficient (Wildman–Crippen LogP) is 1.56. The molecule has 1 aromatic rings. The molecule has 0 radical (unpaired) electrons. The third kappa shape index (κ3) is 5.92. The molecule has 0 aliphatic rings. The van der Waals surface area contributed by atoms with E-state index in [0.29, 0.717) is 26.1 Å². The SMILES string of the molecule is COCCNC(=O)CCNc1ccc(C)cc1. The first-order valence-electron chi connectivity index (χ1n) is 5.78. The minimum absolute atomic E-state index is 0.0432. The van der Waals surface area contributed by atoms with Gasteiger partial charge in [0.15, 0.2) is 0 Å². The van der Waals surface area contributed by atoms with Crippen molar-refractivity contribution >= 4 is 11.6 Å². The van der Waals surface area contributed by atoms with Gasteiger partial charge in [0.1, 0.15) is 0 Å². The highest BCUT2D eigenvalue weighted by atomic mass is 16.5. The lowest BCUT2D eigenvalue weighted by molar-refractivity contribution is -0.121. The Labute approximate surface area is 102 Å². The van der Waals surface area contributed by atoms with Crippen molar-refractivity contribution in [2.75, 3.05) is 32.1 Å². The fourth-order valence-electron chi connectivity index (χ4n) is 1.37. The van der Waals surface area contributed by atoms with Gasteiger partial charge in [-0.3, -0.25) is 4.79 Å². The Balaban J connectivity index is 2.14. The highest BCUT2D eigenvalue weighted by molar-refractivity contribution is 5.76. The van der Waals surface area contributed by atoms with Gasteiger partial charge in [-0.05, 0) is 19.1 Å². The summed E-state index contributed by atoms with van der Waals surface area (Å²) in [5.41, 5.74) is 2.27. The lowest BCUT2D eigenvalue weighted by Crippen LogP contribution is -2.28. The van der Waals surface area contributed by atoms with Crippen molar-refractivity contribution in [1.29, 1.82) is 0 Å². The van der Waals surface area contributed by atoms with Crippen LogP contribution in [0.3, 0.4) is 0 Å². The van der Waals surface area contributed by atoms with Crippen LogP contribution in [0.25, 0.3) is 0 Å². The van der Waals surface area contributed by atoms with Crippen LogP contribution in [0.1, 0.15) is 12.0 Å². The van der Waals surface area contributed by atoms with E-state index >= 15 is 0 Å². The zero-order valence-corrected chi connectivity index (χ0v) is 10.5. The summed E-state index contributed by atoms with van der Waals surface area (Å²) in [6.45, 7) is 3.81. The zero-order valence-electron chi connectivity index (χ0n) is 10.5. The van der Waals surface area contributed by atoms with Crippen molar-refractivity contribution in [3.8, 4) is 0 Å². The highest BCUT2D eigenvalue weighted by Crippen LogP contribution is 2.07. The first-order valence-corrected chi connectivity index (χ1v) is 5.78. The Morgan fingerprint density at radius 2 is 1.94 bits per heavy atom. The second kappa shape index (κ2) is 7.68. The summed E-state index contributed by atoms with van der Waals surface area (Å²) in [6.07, 6.45) is 0.470. The average molecular weight is 236 g/mol. The van der Waals surface area contributed by atoms with Crippen molar-refractivity contribution in [2.24, 2.45) is 0 Å². The number of rotatable bonds is 7. The molecule has 1 aromatic carbocycles. The Kier molecular flexibility index (Phi) is 6.10. The molecular formula is C13H20N2O2. The molecule has 0 aliphatic heterocycles. The summed E-state index contributed by atoms with van der Waals surface area (Å²) in [6, 6.07) is 8.11. The number of anilines is 1. The molecule has 0 aliphatic carbocycles. The molecule has 1 amide bonds. The first-order chi connectivity index (χ1) is 8.22. The maximum Gasteiger partial charge on any atom is 0.221 e. The summed E-state index contributed by atoms with van der Waals surface area (Å²) in [7, 11) is 1.62. The number of carbonyl (C=O) groups excluding carboxylic acids is 1. The first kappa shape index (κ1) is 13.5. The van der Waals surface area contributed by atoms with E-state index in [9.17, 15) is 4.79 Å². The van der Waals surface area contributed by atoms with Crippen LogP contribution in [-0.2, 0) is 9.53 Å². The van der Waals surface area contributed by atoms with E-state index in [1.807, 2.05) is 31.2 Å². The number of hydrogen-bond donors (Lipinski definition) is 2. The third-order valence-electron chi connectivity index (χ3n) is 2.36. The fourth-order valence-corrected chi connectivity index (χ4v) is 1.37. The van der Waals surface area contributed by atoms with Gasteiger partial charge in [-0.15, -0.1) is 0 Å². The van der Waals surface area contributed by atoms with E-state index in [2.05, 4.69) is 10.6 Å². The van der Waals surface area contributed by atoms with E-state index in [1.54, 1.807) is 7.11 Å². The van der Waals surface area contributed by atoms with Crippen LogP contribution >= 0.6 is 0 Å². The molecule has 0 unspecified atom stereocenters. The van der Waals surface area contributed by atoms with Crippen LogP contribution in [-0.4, -0.2) is 32.7 Å². The van der Waals surface area contributed by atoms with Gasteiger partial charge in [0.2, 0.25) is 5.91 Å². The standard InChI is InChI=1S/C13H20N2O2/c1-11-3-5-12(6-4-11)14-8-7-13(16)15-9-10-17-2/h3-6,14H,7-10H2,1-2H3,(H,15,16). The summed E-state index contributed by atoms with van der Waals surface area (Å²) < 4.78 is 4.85. The number of methoxy groups -OCH3 is 1. The van der Waals surface area contributed by atoms with Gasteiger partial charge in [-0.1, -0.05) is 17.7 Å². The third-order valence-corrected chi connectivity index (χ3v) is 2.36. The summed E-state index contributed by atoms with van der Waals surface area (Å²) in [5, 5.41) is 5.98. The van der Waals surface area contributed by atoms with Gasteiger partial charge < -0.3 is 15.4 Å². The topological polar surface area (TPSA) is 50.4 Å². The zero-order chi connectivity index (χ0) is 12.5. The van der Waals surface area contributed by atoms with E-state index in [0.717, 1.165) is 5.69 Å². The molecule has 0 spiro atoms. The average Bonchev–Trinajstić information content (AvgIpc) is 2.32. The number of carbonyl (C=O) groups is 1. The van der Waals surface area contributed by atoms with E-state index in [1.165, 1.54) is 5.56 Å². The van der Waals surface area contributed by atoms with Crippen molar-refractivity contribution < 1.29 is 9.53 Å². The number of hydrogen-bond acceptors (Lipinski definition) is 3. The Morgan fingerprint density at radius 1 is 1.24 bits per heavy atom. The molecule has 17 heavy (non-hydrogen) atoms. The summed E-state index contributed by atoms with van der Waals surface area (Å²) in [4.78, 5) is 11.4. The lowest BCUT2D eigenvalue weighted by atomic mass is 10.2. The quantitative estimate of drug-likeness (QED) is 0.706. The molecule has 2 N–H and O–H groups in total. The molecule has 0 saturated heterocycles.